The lowest BCUT2D eigenvalue weighted by Gasteiger charge is -2.29. The summed E-state index contributed by atoms with van der Waals surface area (Å²) >= 11 is 0. The first-order valence-electron chi connectivity index (χ1n) is 6.02. The predicted octanol–water partition coefficient (Wildman–Crippen LogP) is 1.09. The number of aromatic nitrogens is 2. The topological polar surface area (TPSA) is 33.1 Å². The normalized spacial score (nSPS) is 17.4. The molecule has 1 aliphatic rings. The Labute approximate surface area is 97.7 Å². The highest BCUT2D eigenvalue weighted by molar-refractivity contribution is 4.95. The maximum atomic E-state index is 4.36. The van der Waals surface area contributed by atoms with Crippen molar-refractivity contribution >= 4 is 0 Å². The lowest BCUT2D eigenvalue weighted by molar-refractivity contribution is 0.211. The fourth-order valence-electron chi connectivity index (χ4n) is 2.00. The molecule has 1 aromatic heterocycles. The summed E-state index contributed by atoms with van der Waals surface area (Å²) in [6.45, 7) is 12.0. The third kappa shape index (κ3) is 3.06. The molecule has 0 radical (unpaired) electrons. The van der Waals surface area contributed by atoms with E-state index in [4.69, 9.17) is 0 Å². The van der Waals surface area contributed by atoms with Crippen molar-refractivity contribution in [2.45, 2.75) is 39.4 Å². The first kappa shape index (κ1) is 11.6. The molecule has 0 saturated heterocycles. The fraction of sp³-hybridized carbons (Fsp3) is 0.750. The number of nitrogens with one attached hydrogen (secondary N) is 1. The van der Waals surface area contributed by atoms with Gasteiger partial charge in [-0.15, -0.1) is 0 Å². The van der Waals surface area contributed by atoms with Gasteiger partial charge in [-0.25, -0.2) is 4.98 Å². The average molecular weight is 222 g/mol. The van der Waals surface area contributed by atoms with E-state index >= 15 is 0 Å². The summed E-state index contributed by atoms with van der Waals surface area (Å²) < 4.78 is 2.24. The zero-order valence-electron chi connectivity index (χ0n) is 10.5. The van der Waals surface area contributed by atoms with E-state index in [1.54, 1.807) is 0 Å². The van der Waals surface area contributed by atoms with Crippen molar-refractivity contribution in [1.82, 2.24) is 19.8 Å². The summed E-state index contributed by atoms with van der Waals surface area (Å²) in [7, 11) is 0. The molecule has 16 heavy (non-hydrogen) atoms. The molecule has 0 spiro atoms. The van der Waals surface area contributed by atoms with Gasteiger partial charge in [0.1, 0.15) is 5.82 Å². The highest BCUT2D eigenvalue weighted by Gasteiger charge is 2.16. The van der Waals surface area contributed by atoms with Gasteiger partial charge < -0.3 is 9.88 Å². The number of imidazole rings is 1. The second kappa shape index (κ2) is 4.55. The van der Waals surface area contributed by atoms with Gasteiger partial charge in [0.05, 0.1) is 6.54 Å². The van der Waals surface area contributed by atoms with Gasteiger partial charge in [-0.1, -0.05) is 0 Å². The number of rotatable bonds is 3. The van der Waals surface area contributed by atoms with Crippen molar-refractivity contribution in [3.63, 3.8) is 0 Å². The molecular formula is C12H22N4. The molecule has 1 aliphatic heterocycles. The predicted molar refractivity (Wildman–Crippen MR) is 65.3 cm³/mol. The minimum atomic E-state index is 0.217. The van der Waals surface area contributed by atoms with Gasteiger partial charge in [0.2, 0.25) is 0 Å². The van der Waals surface area contributed by atoms with Crippen molar-refractivity contribution < 1.29 is 0 Å². The second-order valence-corrected chi connectivity index (χ2v) is 5.49. The summed E-state index contributed by atoms with van der Waals surface area (Å²) in [6.07, 6.45) is 3.96. The van der Waals surface area contributed by atoms with Crippen LogP contribution in [0.4, 0.5) is 0 Å². The van der Waals surface area contributed by atoms with E-state index < -0.39 is 0 Å². The van der Waals surface area contributed by atoms with E-state index in [1.807, 2.05) is 6.20 Å². The minimum Gasteiger partial charge on any atom is -0.333 e. The summed E-state index contributed by atoms with van der Waals surface area (Å²) in [5.41, 5.74) is 0.217. The van der Waals surface area contributed by atoms with Crippen LogP contribution in [-0.4, -0.2) is 39.6 Å². The van der Waals surface area contributed by atoms with Crippen molar-refractivity contribution in [3.05, 3.63) is 18.2 Å². The molecular weight excluding hydrogens is 200 g/mol. The van der Waals surface area contributed by atoms with Crippen molar-refractivity contribution in [3.8, 4) is 0 Å². The molecule has 2 rings (SSSR count). The molecule has 0 fully saturated rings. The SMILES string of the molecule is CC(C)(C)NCCN1CCn2ccnc2C1. The Bertz CT molecular complexity index is 337. The first-order chi connectivity index (χ1) is 7.54. The van der Waals surface area contributed by atoms with Crippen LogP contribution in [0, 0.1) is 0 Å². The van der Waals surface area contributed by atoms with Gasteiger partial charge in [0.25, 0.3) is 0 Å². The molecule has 0 aromatic carbocycles. The number of hydrogen-bond acceptors (Lipinski definition) is 3. The third-order valence-electron chi connectivity index (χ3n) is 2.91. The molecule has 0 unspecified atom stereocenters. The van der Waals surface area contributed by atoms with E-state index in [0.29, 0.717) is 0 Å². The maximum Gasteiger partial charge on any atom is 0.122 e. The third-order valence-corrected chi connectivity index (χ3v) is 2.91. The molecule has 1 aromatic rings. The number of hydrogen-bond donors (Lipinski definition) is 1. The van der Waals surface area contributed by atoms with Crippen LogP contribution in [0.3, 0.4) is 0 Å². The monoisotopic (exact) mass is 222 g/mol. The summed E-state index contributed by atoms with van der Waals surface area (Å²) in [6, 6.07) is 0. The van der Waals surface area contributed by atoms with E-state index in [9.17, 15) is 0 Å². The lowest BCUT2D eigenvalue weighted by atomic mass is 10.1. The zero-order valence-corrected chi connectivity index (χ0v) is 10.5. The minimum absolute atomic E-state index is 0.217. The van der Waals surface area contributed by atoms with Crippen LogP contribution in [-0.2, 0) is 13.1 Å². The van der Waals surface area contributed by atoms with E-state index in [2.05, 4.69) is 46.7 Å². The maximum absolute atomic E-state index is 4.36. The van der Waals surface area contributed by atoms with Crippen LogP contribution < -0.4 is 5.32 Å². The molecule has 0 bridgehead atoms. The summed E-state index contributed by atoms with van der Waals surface area (Å²) in [5, 5.41) is 3.52. The lowest BCUT2D eigenvalue weighted by Crippen LogP contribution is -2.43. The number of nitrogens with zero attached hydrogens (tertiary/aromatic N) is 3. The van der Waals surface area contributed by atoms with Crippen molar-refractivity contribution in [1.29, 1.82) is 0 Å². The molecule has 0 atom stereocenters. The van der Waals surface area contributed by atoms with Gasteiger partial charge in [0.15, 0.2) is 0 Å². The van der Waals surface area contributed by atoms with Gasteiger partial charge in [-0.05, 0) is 20.8 Å². The van der Waals surface area contributed by atoms with Crippen LogP contribution in [0.1, 0.15) is 26.6 Å². The average Bonchev–Trinajstić information content (AvgIpc) is 2.62. The van der Waals surface area contributed by atoms with Crippen LogP contribution in [0.25, 0.3) is 0 Å². The molecule has 4 heteroatoms. The van der Waals surface area contributed by atoms with Gasteiger partial charge in [0, 0.05) is 44.1 Å². The first-order valence-corrected chi connectivity index (χ1v) is 6.02. The molecule has 4 nitrogen and oxygen atoms in total. The molecule has 0 aliphatic carbocycles. The van der Waals surface area contributed by atoms with Crippen LogP contribution in [0.5, 0.6) is 0 Å². The summed E-state index contributed by atoms with van der Waals surface area (Å²) in [5.74, 6) is 1.20. The Morgan fingerprint density at radius 1 is 1.38 bits per heavy atom. The van der Waals surface area contributed by atoms with Gasteiger partial charge in [-0.3, -0.25) is 4.90 Å². The van der Waals surface area contributed by atoms with E-state index in [1.165, 1.54) is 5.82 Å². The molecule has 1 N–H and O–H groups in total. The highest BCUT2D eigenvalue weighted by Crippen LogP contribution is 2.09. The highest BCUT2D eigenvalue weighted by atomic mass is 15.2. The molecule has 0 saturated carbocycles. The Kier molecular flexibility index (Phi) is 3.30. The summed E-state index contributed by atoms with van der Waals surface area (Å²) in [4.78, 5) is 6.82. The molecule has 90 valence electrons. The Morgan fingerprint density at radius 3 is 2.94 bits per heavy atom. The largest absolute Gasteiger partial charge is 0.333 e. The Balaban J connectivity index is 1.77. The van der Waals surface area contributed by atoms with Gasteiger partial charge in [-0.2, -0.15) is 0 Å². The van der Waals surface area contributed by atoms with Crippen LogP contribution in [0.2, 0.25) is 0 Å². The standard InChI is InChI=1S/C12H22N4/c1-12(2,3)14-5-6-15-8-9-16-7-4-13-11(16)10-15/h4,7,14H,5-6,8-10H2,1-3H3. The quantitative estimate of drug-likeness (QED) is 0.831. The molecule has 2 heterocycles. The smallest absolute Gasteiger partial charge is 0.122 e. The van der Waals surface area contributed by atoms with Crippen LogP contribution >= 0.6 is 0 Å². The van der Waals surface area contributed by atoms with E-state index in [0.717, 1.165) is 32.7 Å². The Hall–Kier alpha value is -0.870. The second-order valence-electron chi connectivity index (χ2n) is 5.49. The molecule has 0 amide bonds. The zero-order chi connectivity index (χ0) is 11.6. The van der Waals surface area contributed by atoms with Crippen LogP contribution in [0.15, 0.2) is 12.4 Å². The Morgan fingerprint density at radius 2 is 2.19 bits per heavy atom. The van der Waals surface area contributed by atoms with Gasteiger partial charge >= 0.3 is 0 Å². The van der Waals surface area contributed by atoms with Crippen molar-refractivity contribution in [2.75, 3.05) is 19.6 Å². The number of fused-ring (bicyclic) bond motifs is 1. The van der Waals surface area contributed by atoms with Crippen molar-refractivity contribution in [2.24, 2.45) is 0 Å². The van der Waals surface area contributed by atoms with E-state index in [-0.39, 0.29) is 5.54 Å². The fourth-order valence-corrected chi connectivity index (χ4v) is 2.00.